The predicted molar refractivity (Wildman–Crippen MR) is 79.2 cm³/mol. The lowest BCUT2D eigenvalue weighted by Crippen LogP contribution is -2.50. The molecule has 0 aliphatic carbocycles. The minimum Gasteiger partial charge on any atom is -0.296 e. The van der Waals surface area contributed by atoms with Gasteiger partial charge >= 0.3 is 0 Å². The first-order chi connectivity index (χ1) is 10.0. The van der Waals surface area contributed by atoms with Crippen LogP contribution >= 0.6 is 0 Å². The van der Waals surface area contributed by atoms with Crippen LogP contribution in [-0.4, -0.2) is 11.8 Å². The maximum atomic E-state index is 13.5. The van der Waals surface area contributed by atoms with Crippen LogP contribution in [0, 0.1) is 11.2 Å². The number of piperidine rings is 1. The van der Waals surface area contributed by atoms with Crippen molar-refractivity contribution in [1.29, 1.82) is 0 Å². The molecule has 0 radical (unpaired) electrons. The third kappa shape index (κ3) is 3.14. The van der Waals surface area contributed by atoms with Gasteiger partial charge in [0.15, 0.2) is 0 Å². The molecule has 1 aliphatic rings. The number of benzene rings is 1. The number of amides is 2. The van der Waals surface area contributed by atoms with Crippen LogP contribution in [0.4, 0.5) is 4.39 Å². The zero-order valence-corrected chi connectivity index (χ0v) is 12.6. The Morgan fingerprint density at radius 1 is 1.33 bits per heavy atom. The van der Waals surface area contributed by atoms with Crippen LogP contribution in [0.15, 0.2) is 24.3 Å². The second kappa shape index (κ2) is 6.37. The lowest BCUT2D eigenvalue weighted by atomic mass is 9.63. The first-order valence-corrected chi connectivity index (χ1v) is 7.61. The summed E-state index contributed by atoms with van der Waals surface area (Å²) >= 11 is 0. The highest BCUT2D eigenvalue weighted by Crippen LogP contribution is 2.48. The summed E-state index contributed by atoms with van der Waals surface area (Å²) in [6.45, 7) is 4.10. The molecule has 1 aliphatic heterocycles. The summed E-state index contributed by atoms with van der Waals surface area (Å²) in [5, 5.41) is 2.41. The van der Waals surface area contributed by atoms with E-state index in [2.05, 4.69) is 12.2 Å². The molecular formula is C17H22FNO2. The van der Waals surface area contributed by atoms with E-state index in [1.807, 2.05) is 6.92 Å². The van der Waals surface area contributed by atoms with E-state index in [9.17, 15) is 14.0 Å². The molecule has 1 fully saturated rings. The van der Waals surface area contributed by atoms with Gasteiger partial charge in [-0.2, -0.15) is 0 Å². The van der Waals surface area contributed by atoms with Gasteiger partial charge in [0.2, 0.25) is 11.8 Å². The molecule has 1 N–H and O–H groups in total. The van der Waals surface area contributed by atoms with Gasteiger partial charge in [-0.3, -0.25) is 14.9 Å². The first-order valence-electron chi connectivity index (χ1n) is 7.61. The Morgan fingerprint density at radius 2 is 2.10 bits per heavy atom. The standard InChI is InChI=1S/C17H22FNO2/c1-3-5-9-17(4-2)11-14(20)19-16(21)15(17)12-7-6-8-13(18)10-12/h6-8,10,15H,3-5,9,11H2,1-2H3,(H,19,20,21). The Labute approximate surface area is 124 Å². The fourth-order valence-corrected chi connectivity index (χ4v) is 3.41. The van der Waals surface area contributed by atoms with Crippen molar-refractivity contribution in [2.75, 3.05) is 0 Å². The normalized spacial score (nSPS) is 25.8. The smallest absolute Gasteiger partial charge is 0.234 e. The minimum atomic E-state index is -0.456. The third-order valence-corrected chi connectivity index (χ3v) is 4.56. The Morgan fingerprint density at radius 3 is 2.71 bits per heavy atom. The van der Waals surface area contributed by atoms with Crippen molar-refractivity contribution in [3.05, 3.63) is 35.6 Å². The van der Waals surface area contributed by atoms with Gasteiger partial charge in [-0.25, -0.2) is 4.39 Å². The molecule has 21 heavy (non-hydrogen) atoms. The molecular weight excluding hydrogens is 269 g/mol. The SMILES string of the molecule is CCCCC1(CC)CC(=O)NC(=O)C1c1cccc(F)c1. The minimum absolute atomic E-state index is 0.217. The fraction of sp³-hybridized carbons (Fsp3) is 0.529. The number of carbonyl (C=O) groups excluding carboxylic acids is 2. The van der Waals surface area contributed by atoms with Gasteiger partial charge in [0, 0.05) is 6.42 Å². The Hall–Kier alpha value is -1.71. The second-order valence-electron chi connectivity index (χ2n) is 5.90. The van der Waals surface area contributed by atoms with Crippen LogP contribution in [0.2, 0.25) is 0 Å². The first kappa shape index (κ1) is 15.7. The topological polar surface area (TPSA) is 46.2 Å². The van der Waals surface area contributed by atoms with Gasteiger partial charge in [0.25, 0.3) is 0 Å². The maximum Gasteiger partial charge on any atom is 0.234 e. The molecule has 1 saturated heterocycles. The van der Waals surface area contributed by atoms with Crippen molar-refractivity contribution in [2.45, 2.75) is 51.9 Å². The molecule has 0 bridgehead atoms. The van der Waals surface area contributed by atoms with E-state index in [4.69, 9.17) is 0 Å². The highest BCUT2D eigenvalue weighted by atomic mass is 19.1. The second-order valence-corrected chi connectivity index (χ2v) is 5.90. The Bertz CT molecular complexity index is 543. The van der Waals surface area contributed by atoms with Gasteiger partial charge in [0.05, 0.1) is 5.92 Å². The predicted octanol–water partition coefficient (Wildman–Crippen LogP) is 3.54. The average molecular weight is 291 g/mol. The van der Waals surface area contributed by atoms with E-state index in [0.717, 1.165) is 25.7 Å². The van der Waals surface area contributed by atoms with Crippen LogP contribution in [0.25, 0.3) is 0 Å². The fourth-order valence-electron chi connectivity index (χ4n) is 3.41. The molecule has 0 spiro atoms. The van der Waals surface area contributed by atoms with E-state index >= 15 is 0 Å². The lowest BCUT2D eigenvalue weighted by Gasteiger charge is -2.42. The van der Waals surface area contributed by atoms with Gasteiger partial charge < -0.3 is 0 Å². The van der Waals surface area contributed by atoms with E-state index in [1.54, 1.807) is 12.1 Å². The van der Waals surface area contributed by atoms with Crippen LogP contribution < -0.4 is 5.32 Å². The van der Waals surface area contributed by atoms with E-state index in [1.165, 1.54) is 12.1 Å². The summed E-state index contributed by atoms with van der Waals surface area (Å²) in [6.07, 6.45) is 3.83. The van der Waals surface area contributed by atoms with Gasteiger partial charge in [-0.05, 0) is 36.0 Å². The number of hydrogen-bond donors (Lipinski definition) is 1. The average Bonchev–Trinajstić information content (AvgIpc) is 2.44. The van der Waals surface area contributed by atoms with E-state index < -0.39 is 11.3 Å². The highest BCUT2D eigenvalue weighted by molar-refractivity contribution is 6.02. The summed E-state index contributed by atoms with van der Waals surface area (Å²) in [7, 11) is 0. The number of unbranched alkanes of at least 4 members (excludes halogenated alkanes) is 1. The number of hydrogen-bond acceptors (Lipinski definition) is 2. The molecule has 2 unspecified atom stereocenters. The number of rotatable bonds is 5. The molecule has 4 heteroatoms. The van der Waals surface area contributed by atoms with Crippen molar-refractivity contribution in [1.82, 2.24) is 5.32 Å². The van der Waals surface area contributed by atoms with Crippen molar-refractivity contribution in [3.8, 4) is 0 Å². The monoisotopic (exact) mass is 291 g/mol. The zero-order chi connectivity index (χ0) is 15.5. The molecule has 2 amide bonds. The van der Waals surface area contributed by atoms with Gasteiger partial charge in [-0.15, -0.1) is 0 Å². The maximum absolute atomic E-state index is 13.5. The highest BCUT2D eigenvalue weighted by Gasteiger charge is 2.47. The molecule has 1 heterocycles. The van der Waals surface area contributed by atoms with Crippen molar-refractivity contribution < 1.29 is 14.0 Å². The molecule has 2 atom stereocenters. The van der Waals surface area contributed by atoms with Crippen LogP contribution in [0.3, 0.4) is 0 Å². The van der Waals surface area contributed by atoms with Crippen molar-refractivity contribution in [3.63, 3.8) is 0 Å². The van der Waals surface area contributed by atoms with Gasteiger partial charge in [0.1, 0.15) is 5.82 Å². The summed E-state index contributed by atoms with van der Waals surface area (Å²) in [6, 6.07) is 6.18. The summed E-state index contributed by atoms with van der Waals surface area (Å²) < 4.78 is 13.5. The van der Waals surface area contributed by atoms with E-state index in [0.29, 0.717) is 12.0 Å². The Balaban J connectivity index is 2.45. The zero-order valence-electron chi connectivity index (χ0n) is 12.6. The molecule has 0 aromatic heterocycles. The molecule has 1 aromatic rings. The van der Waals surface area contributed by atoms with Crippen molar-refractivity contribution >= 4 is 11.8 Å². The van der Waals surface area contributed by atoms with Crippen molar-refractivity contribution in [2.24, 2.45) is 5.41 Å². The number of imide groups is 1. The summed E-state index contributed by atoms with van der Waals surface area (Å²) in [5.41, 5.74) is 0.265. The Kier molecular flexibility index (Phi) is 4.76. The number of halogens is 1. The molecule has 2 rings (SSSR count). The van der Waals surface area contributed by atoms with Crippen LogP contribution in [-0.2, 0) is 9.59 Å². The number of nitrogens with one attached hydrogen (secondary N) is 1. The third-order valence-electron chi connectivity index (χ3n) is 4.56. The summed E-state index contributed by atoms with van der Waals surface area (Å²) in [4.78, 5) is 24.2. The van der Waals surface area contributed by atoms with Crippen LogP contribution in [0.1, 0.15) is 57.4 Å². The summed E-state index contributed by atoms with van der Waals surface area (Å²) in [5.74, 6) is -1.32. The van der Waals surface area contributed by atoms with Crippen LogP contribution in [0.5, 0.6) is 0 Å². The molecule has 114 valence electrons. The number of carbonyl (C=O) groups is 2. The molecule has 0 saturated carbocycles. The lowest BCUT2D eigenvalue weighted by molar-refractivity contribution is -0.140. The van der Waals surface area contributed by atoms with E-state index in [-0.39, 0.29) is 17.6 Å². The quantitative estimate of drug-likeness (QED) is 0.843. The molecule has 3 nitrogen and oxygen atoms in total. The van der Waals surface area contributed by atoms with Gasteiger partial charge in [-0.1, -0.05) is 38.8 Å². The molecule has 1 aromatic carbocycles. The largest absolute Gasteiger partial charge is 0.296 e.